The van der Waals surface area contributed by atoms with E-state index in [4.69, 9.17) is 11.6 Å². The van der Waals surface area contributed by atoms with Gasteiger partial charge in [0.1, 0.15) is 0 Å². The second kappa shape index (κ2) is 4.80. The third-order valence-corrected chi connectivity index (χ3v) is 4.07. The lowest BCUT2D eigenvalue weighted by molar-refractivity contribution is 0.103. The third-order valence-electron chi connectivity index (χ3n) is 3.76. The second-order valence-electron chi connectivity index (χ2n) is 4.94. The molecule has 2 nitrogen and oxygen atoms in total. The van der Waals surface area contributed by atoms with Crippen LogP contribution in [-0.4, -0.2) is 10.8 Å². The number of halogens is 1. The van der Waals surface area contributed by atoms with Crippen molar-refractivity contribution in [3.05, 3.63) is 69.9 Å². The van der Waals surface area contributed by atoms with Crippen LogP contribution in [0.15, 0.2) is 42.6 Å². The van der Waals surface area contributed by atoms with Gasteiger partial charge in [0.25, 0.3) is 0 Å². The Morgan fingerprint density at radius 2 is 1.80 bits per heavy atom. The summed E-state index contributed by atoms with van der Waals surface area (Å²) in [4.78, 5) is 15.8. The molecule has 0 spiro atoms. The van der Waals surface area contributed by atoms with E-state index in [2.05, 4.69) is 4.98 Å². The number of hydrogen-bond acceptors (Lipinski definition) is 1. The molecule has 0 aliphatic rings. The maximum absolute atomic E-state index is 12.7. The number of nitrogens with one attached hydrogen (secondary N) is 1. The Morgan fingerprint density at radius 1 is 1.05 bits per heavy atom. The van der Waals surface area contributed by atoms with Crippen molar-refractivity contribution >= 4 is 28.3 Å². The van der Waals surface area contributed by atoms with Crippen LogP contribution in [0.1, 0.15) is 27.0 Å². The number of rotatable bonds is 2. The normalized spacial score (nSPS) is 10.9. The molecule has 0 radical (unpaired) electrons. The fraction of sp³-hybridized carbons (Fsp3) is 0.118. The quantitative estimate of drug-likeness (QED) is 0.681. The number of fused-ring (bicyclic) bond motifs is 1. The Morgan fingerprint density at radius 3 is 2.60 bits per heavy atom. The largest absolute Gasteiger partial charge is 0.359 e. The van der Waals surface area contributed by atoms with E-state index in [9.17, 15) is 4.79 Å². The highest BCUT2D eigenvalue weighted by Gasteiger charge is 2.17. The second-order valence-corrected chi connectivity index (χ2v) is 5.35. The smallest absolute Gasteiger partial charge is 0.195 e. The molecule has 0 atom stereocenters. The number of aryl methyl sites for hydroxylation is 1. The summed E-state index contributed by atoms with van der Waals surface area (Å²) >= 11 is 6.14. The van der Waals surface area contributed by atoms with Gasteiger partial charge in [0.2, 0.25) is 0 Å². The molecule has 0 bridgehead atoms. The zero-order chi connectivity index (χ0) is 14.3. The predicted molar refractivity (Wildman–Crippen MR) is 82.7 cm³/mol. The van der Waals surface area contributed by atoms with Crippen LogP contribution in [0.3, 0.4) is 0 Å². The molecule has 1 heterocycles. The lowest BCUT2D eigenvalue weighted by atomic mass is 9.96. The van der Waals surface area contributed by atoms with Crippen LogP contribution >= 0.6 is 11.6 Å². The van der Waals surface area contributed by atoms with Gasteiger partial charge >= 0.3 is 0 Å². The van der Waals surface area contributed by atoms with E-state index in [1.54, 1.807) is 6.20 Å². The zero-order valence-electron chi connectivity index (χ0n) is 11.3. The monoisotopic (exact) mass is 283 g/mol. The number of hydrogen-bond donors (Lipinski definition) is 1. The summed E-state index contributed by atoms with van der Waals surface area (Å²) in [6, 6.07) is 11.4. The van der Waals surface area contributed by atoms with Crippen LogP contribution < -0.4 is 0 Å². The standard InChI is InChI=1S/C17H14ClNO/c1-10-5-3-6-12(11(10)2)17(20)14-9-19-16-13(14)7-4-8-15(16)18/h3-9,19H,1-2H3. The molecule has 0 saturated heterocycles. The van der Waals surface area contributed by atoms with Gasteiger partial charge in [0.05, 0.1) is 10.5 Å². The fourth-order valence-electron chi connectivity index (χ4n) is 2.45. The van der Waals surface area contributed by atoms with Crippen molar-refractivity contribution in [2.75, 3.05) is 0 Å². The molecule has 0 aliphatic carbocycles. The predicted octanol–water partition coefficient (Wildman–Crippen LogP) is 4.67. The molecule has 0 saturated carbocycles. The van der Waals surface area contributed by atoms with Crippen molar-refractivity contribution in [3.63, 3.8) is 0 Å². The molecular weight excluding hydrogens is 270 g/mol. The van der Waals surface area contributed by atoms with E-state index < -0.39 is 0 Å². The van der Waals surface area contributed by atoms with Gasteiger partial charge in [-0.1, -0.05) is 41.9 Å². The van der Waals surface area contributed by atoms with Crippen molar-refractivity contribution in [1.82, 2.24) is 4.98 Å². The first-order valence-corrected chi connectivity index (χ1v) is 6.84. The van der Waals surface area contributed by atoms with Crippen LogP contribution in [0, 0.1) is 13.8 Å². The molecule has 1 aromatic heterocycles. The summed E-state index contributed by atoms with van der Waals surface area (Å²) < 4.78 is 0. The van der Waals surface area contributed by atoms with Gasteiger partial charge in [-0.15, -0.1) is 0 Å². The lowest BCUT2D eigenvalue weighted by Gasteiger charge is -2.07. The summed E-state index contributed by atoms with van der Waals surface area (Å²) in [5.41, 5.74) is 4.35. The maximum atomic E-state index is 12.7. The van der Waals surface area contributed by atoms with Crippen molar-refractivity contribution in [3.8, 4) is 0 Å². The van der Waals surface area contributed by atoms with E-state index in [0.29, 0.717) is 10.6 Å². The average Bonchev–Trinajstić information content (AvgIpc) is 2.86. The molecule has 20 heavy (non-hydrogen) atoms. The van der Waals surface area contributed by atoms with Gasteiger partial charge in [-0.2, -0.15) is 0 Å². The SMILES string of the molecule is Cc1cccc(C(=O)c2c[nH]c3c(Cl)cccc23)c1C. The van der Waals surface area contributed by atoms with Gasteiger partial charge in [-0.25, -0.2) is 0 Å². The van der Waals surface area contributed by atoms with Crippen LogP contribution in [0.5, 0.6) is 0 Å². The molecule has 2 aromatic carbocycles. The van der Waals surface area contributed by atoms with Gasteiger partial charge in [0.15, 0.2) is 5.78 Å². The number of ketones is 1. The molecule has 0 amide bonds. The fourth-order valence-corrected chi connectivity index (χ4v) is 2.68. The highest BCUT2D eigenvalue weighted by molar-refractivity contribution is 6.35. The third kappa shape index (κ3) is 1.93. The van der Waals surface area contributed by atoms with Crippen LogP contribution in [0.25, 0.3) is 10.9 Å². The van der Waals surface area contributed by atoms with Gasteiger partial charge in [-0.05, 0) is 31.0 Å². The topological polar surface area (TPSA) is 32.9 Å². The van der Waals surface area contributed by atoms with E-state index in [1.807, 2.05) is 50.2 Å². The van der Waals surface area contributed by atoms with E-state index in [0.717, 1.165) is 27.6 Å². The molecule has 3 rings (SSSR count). The summed E-state index contributed by atoms with van der Waals surface area (Å²) in [6.07, 6.45) is 1.74. The highest BCUT2D eigenvalue weighted by Crippen LogP contribution is 2.27. The van der Waals surface area contributed by atoms with Crippen molar-refractivity contribution in [2.45, 2.75) is 13.8 Å². The highest BCUT2D eigenvalue weighted by atomic mass is 35.5. The minimum atomic E-state index is 0.0275. The Labute approximate surface area is 122 Å². The minimum absolute atomic E-state index is 0.0275. The molecule has 0 fully saturated rings. The van der Waals surface area contributed by atoms with Crippen LogP contribution in [0.2, 0.25) is 5.02 Å². The lowest BCUT2D eigenvalue weighted by Crippen LogP contribution is -2.04. The van der Waals surface area contributed by atoms with E-state index in [-0.39, 0.29) is 5.78 Å². The van der Waals surface area contributed by atoms with E-state index in [1.165, 1.54) is 0 Å². The van der Waals surface area contributed by atoms with Crippen molar-refractivity contribution in [2.24, 2.45) is 0 Å². The van der Waals surface area contributed by atoms with E-state index >= 15 is 0 Å². The number of carbonyl (C=O) groups is 1. The number of aromatic amines is 1. The average molecular weight is 284 g/mol. The zero-order valence-corrected chi connectivity index (χ0v) is 12.1. The van der Waals surface area contributed by atoms with Gasteiger partial charge in [-0.3, -0.25) is 4.79 Å². The summed E-state index contributed by atoms with van der Waals surface area (Å²) in [5, 5.41) is 1.49. The Balaban J connectivity index is 2.18. The molecule has 3 heteroatoms. The molecule has 0 unspecified atom stereocenters. The first-order valence-electron chi connectivity index (χ1n) is 6.46. The first kappa shape index (κ1) is 12.9. The molecule has 0 aliphatic heterocycles. The molecular formula is C17H14ClNO. The van der Waals surface area contributed by atoms with Crippen molar-refractivity contribution < 1.29 is 4.79 Å². The summed E-state index contributed by atoms with van der Waals surface area (Å²) in [5.74, 6) is 0.0275. The number of carbonyl (C=O) groups excluding carboxylic acids is 1. The number of benzene rings is 2. The van der Waals surface area contributed by atoms with Gasteiger partial charge < -0.3 is 4.98 Å². The number of aromatic nitrogens is 1. The number of para-hydroxylation sites is 1. The van der Waals surface area contributed by atoms with Crippen LogP contribution in [-0.2, 0) is 0 Å². The summed E-state index contributed by atoms with van der Waals surface area (Å²) in [7, 11) is 0. The number of H-pyrrole nitrogens is 1. The van der Waals surface area contributed by atoms with Crippen LogP contribution in [0.4, 0.5) is 0 Å². The van der Waals surface area contributed by atoms with Crippen molar-refractivity contribution in [1.29, 1.82) is 0 Å². The van der Waals surface area contributed by atoms with Gasteiger partial charge in [0, 0.05) is 22.7 Å². The Hall–Kier alpha value is -2.06. The Bertz CT molecular complexity index is 817. The summed E-state index contributed by atoms with van der Waals surface area (Å²) in [6.45, 7) is 3.99. The molecule has 100 valence electrons. The Kier molecular flexibility index (Phi) is 3.11. The molecule has 1 N–H and O–H groups in total. The first-order chi connectivity index (χ1) is 9.59. The maximum Gasteiger partial charge on any atom is 0.195 e. The molecule has 3 aromatic rings. The minimum Gasteiger partial charge on any atom is -0.359 e.